The van der Waals surface area contributed by atoms with Crippen molar-refractivity contribution in [3.63, 3.8) is 0 Å². The third-order valence-corrected chi connectivity index (χ3v) is 3.76. The molecule has 17 heavy (non-hydrogen) atoms. The van der Waals surface area contributed by atoms with Gasteiger partial charge in [0.05, 0.1) is 17.9 Å². The van der Waals surface area contributed by atoms with Crippen LogP contribution in [0.25, 0.3) is 0 Å². The molecular weight excluding hydrogens is 241 g/mol. The minimum absolute atomic E-state index is 0.0000448. The van der Waals surface area contributed by atoms with Gasteiger partial charge in [0.15, 0.2) is 0 Å². The standard InChI is InChI=1S/C12H14FNO2S/c13-9-1-3-10(4-2-9)17-7-11(16)14-12(8-15)5-6-12/h1-4,15H,5-8H2,(H,14,16). The maximum atomic E-state index is 12.6. The number of thioether (sulfide) groups is 1. The van der Waals surface area contributed by atoms with E-state index in [4.69, 9.17) is 5.11 Å². The van der Waals surface area contributed by atoms with Gasteiger partial charge in [0.1, 0.15) is 5.82 Å². The summed E-state index contributed by atoms with van der Waals surface area (Å²) >= 11 is 1.36. The van der Waals surface area contributed by atoms with Crippen molar-refractivity contribution in [3.8, 4) is 0 Å². The van der Waals surface area contributed by atoms with Crippen molar-refractivity contribution in [1.29, 1.82) is 0 Å². The lowest BCUT2D eigenvalue weighted by Gasteiger charge is -2.13. The highest BCUT2D eigenvalue weighted by atomic mass is 32.2. The lowest BCUT2D eigenvalue weighted by molar-refractivity contribution is -0.119. The van der Waals surface area contributed by atoms with Crippen LogP contribution >= 0.6 is 11.8 Å². The van der Waals surface area contributed by atoms with E-state index in [-0.39, 0.29) is 29.6 Å². The molecule has 0 spiro atoms. The van der Waals surface area contributed by atoms with Crippen LogP contribution in [0.2, 0.25) is 0 Å². The predicted molar refractivity (Wildman–Crippen MR) is 64.3 cm³/mol. The Balaban J connectivity index is 1.78. The minimum Gasteiger partial charge on any atom is -0.394 e. The minimum atomic E-state index is -0.361. The third-order valence-electron chi connectivity index (χ3n) is 2.74. The van der Waals surface area contributed by atoms with E-state index >= 15 is 0 Å². The summed E-state index contributed by atoms with van der Waals surface area (Å²) in [7, 11) is 0. The Kier molecular flexibility index (Phi) is 3.69. The van der Waals surface area contributed by atoms with Gasteiger partial charge in [-0.15, -0.1) is 11.8 Å². The summed E-state index contributed by atoms with van der Waals surface area (Å²) in [6, 6.07) is 6.03. The number of rotatable bonds is 5. The monoisotopic (exact) mass is 255 g/mol. The smallest absolute Gasteiger partial charge is 0.230 e. The molecule has 2 N–H and O–H groups in total. The van der Waals surface area contributed by atoms with Crippen molar-refractivity contribution >= 4 is 17.7 Å². The summed E-state index contributed by atoms with van der Waals surface area (Å²) < 4.78 is 12.6. The largest absolute Gasteiger partial charge is 0.394 e. The van der Waals surface area contributed by atoms with Crippen molar-refractivity contribution in [2.75, 3.05) is 12.4 Å². The molecule has 0 bridgehead atoms. The molecule has 0 saturated heterocycles. The molecule has 0 aliphatic heterocycles. The summed E-state index contributed by atoms with van der Waals surface area (Å²) in [5, 5.41) is 11.9. The van der Waals surface area contributed by atoms with Crippen molar-refractivity contribution in [2.24, 2.45) is 0 Å². The first-order valence-electron chi connectivity index (χ1n) is 5.44. The zero-order chi connectivity index (χ0) is 12.3. The molecule has 0 radical (unpaired) electrons. The Hall–Kier alpha value is -1.07. The SMILES string of the molecule is O=C(CSc1ccc(F)cc1)NC1(CO)CC1. The van der Waals surface area contributed by atoms with Crippen LogP contribution in [0.3, 0.4) is 0 Å². The number of carbonyl (C=O) groups is 1. The molecule has 3 nitrogen and oxygen atoms in total. The number of amides is 1. The van der Waals surface area contributed by atoms with Crippen LogP contribution in [0.1, 0.15) is 12.8 Å². The lowest BCUT2D eigenvalue weighted by atomic mass is 10.3. The second-order valence-corrected chi connectivity index (χ2v) is 5.28. The molecule has 1 fully saturated rings. The molecule has 1 saturated carbocycles. The van der Waals surface area contributed by atoms with E-state index in [9.17, 15) is 9.18 Å². The van der Waals surface area contributed by atoms with Gasteiger partial charge in [-0.1, -0.05) is 0 Å². The van der Waals surface area contributed by atoms with Crippen LogP contribution < -0.4 is 5.32 Å². The first kappa shape index (κ1) is 12.4. The van der Waals surface area contributed by atoms with Gasteiger partial charge in [-0.05, 0) is 37.1 Å². The Morgan fingerprint density at radius 2 is 2.06 bits per heavy atom. The predicted octanol–water partition coefficient (Wildman–Crippen LogP) is 1.56. The molecule has 0 unspecified atom stereocenters. The highest BCUT2D eigenvalue weighted by Crippen LogP contribution is 2.34. The van der Waals surface area contributed by atoms with Gasteiger partial charge in [0, 0.05) is 4.90 Å². The van der Waals surface area contributed by atoms with Crippen LogP contribution in [-0.4, -0.2) is 28.9 Å². The van der Waals surface area contributed by atoms with Gasteiger partial charge in [-0.3, -0.25) is 4.79 Å². The van der Waals surface area contributed by atoms with Gasteiger partial charge in [-0.25, -0.2) is 4.39 Å². The number of hydrogen-bond donors (Lipinski definition) is 2. The van der Waals surface area contributed by atoms with Crippen LogP contribution in [-0.2, 0) is 4.79 Å². The molecule has 0 atom stereocenters. The first-order valence-corrected chi connectivity index (χ1v) is 6.42. The van der Waals surface area contributed by atoms with E-state index in [1.165, 1.54) is 23.9 Å². The summed E-state index contributed by atoms with van der Waals surface area (Å²) in [5.74, 6) is -0.0881. The van der Waals surface area contributed by atoms with E-state index in [0.29, 0.717) is 0 Å². The molecule has 5 heteroatoms. The lowest BCUT2D eigenvalue weighted by Crippen LogP contribution is -2.40. The molecule has 2 rings (SSSR count). The number of nitrogens with one attached hydrogen (secondary N) is 1. The summed E-state index contributed by atoms with van der Waals surface area (Å²) in [6.07, 6.45) is 1.69. The number of aliphatic hydroxyl groups excluding tert-OH is 1. The summed E-state index contributed by atoms with van der Waals surface area (Å²) in [4.78, 5) is 12.4. The number of carbonyl (C=O) groups excluding carboxylic acids is 1. The van der Waals surface area contributed by atoms with E-state index in [1.807, 2.05) is 0 Å². The van der Waals surface area contributed by atoms with E-state index in [2.05, 4.69) is 5.32 Å². The highest BCUT2D eigenvalue weighted by Gasteiger charge is 2.43. The zero-order valence-corrected chi connectivity index (χ0v) is 10.1. The highest BCUT2D eigenvalue weighted by molar-refractivity contribution is 8.00. The van der Waals surface area contributed by atoms with Gasteiger partial charge < -0.3 is 10.4 Å². The fourth-order valence-corrected chi connectivity index (χ4v) is 2.18. The number of halogens is 1. The molecule has 1 aromatic rings. The molecular formula is C12H14FNO2S. The summed E-state index contributed by atoms with van der Waals surface area (Å²) in [5.41, 5.74) is -0.361. The molecule has 1 aliphatic carbocycles. The number of aliphatic hydroxyl groups is 1. The van der Waals surface area contributed by atoms with Crippen molar-refractivity contribution in [1.82, 2.24) is 5.32 Å². The summed E-state index contributed by atoms with van der Waals surface area (Å²) in [6.45, 7) is -0.0000448. The first-order chi connectivity index (χ1) is 8.13. The maximum absolute atomic E-state index is 12.6. The van der Waals surface area contributed by atoms with Gasteiger partial charge in [0.25, 0.3) is 0 Å². The van der Waals surface area contributed by atoms with Gasteiger partial charge in [0.2, 0.25) is 5.91 Å². The van der Waals surface area contributed by atoms with Crippen LogP contribution in [0.15, 0.2) is 29.2 Å². The average molecular weight is 255 g/mol. The topological polar surface area (TPSA) is 49.3 Å². The maximum Gasteiger partial charge on any atom is 0.230 e. The van der Waals surface area contributed by atoms with Crippen LogP contribution in [0.5, 0.6) is 0 Å². The molecule has 0 aromatic heterocycles. The van der Waals surface area contributed by atoms with Crippen molar-refractivity contribution < 1.29 is 14.3 Å². The van der Waals surface area contributed by atoms with E-state index < -0.39 is 0 Å². The van der Waals surface area contributed by atoms with Crippen LogP contribution in [0.4, 0.5) is 4.39 Å². The molecule has 1 amide bonds. The van der Waals surface area contributed by atoms with Gasteiger partial charge in [-0.2, -0.15) is 0 Å². The molecule has 0 heterocycles. The fourth-order valence-electron chi connectivity index (χ4n) is 1.49. The Morgan fingerprint density at radius 1 is 1.41 bits per heavy atom. The Labute approximate surface area is 103 Å². The third kappa shape index (κ3) is 3.44. The Morgan fingerprint density at radius 3 is 2.59 bits per heavy atom. The normalized spacial score (nSPS) is 16.6. The second kappa shape index (κ2) is 5.06. The Bertz CT molecular complexity index is 403. The number of benzene rings is 1. The quantitative estimate of drug-likeness (QED) is 0.785. The molecule has 92 valence electrons. The average Bonchev–Trinajstić information content (AvgIpc) is 3.09. The van der Waals surface area contributed by atoms with E-state index in [0.717, 1.165) is 17.7 Å². The van der Waals surface area contributed by atoms with Crippen LogP contribution in [0, 0.1) is 5.82 Å². The van der Waals surface area contributed by atoms with E-state index in [1.54, 1.807) is 12.1 Å². The fraction of sp³-hybridized carbons (Fsp3) is 0.417. The zero-order valence-electron chi connectivity index (χ0n) is 9.28. The van der Waals surface area contributed by atoms with Crippen molar-refractivity contribution in [3.05, 3.63) is 30.1 Å². The number of hydrogen-bond acceptors (Lipinski definition) is 3. The van der Waals surface area contributed by atoms with Gasteiger partial charge >= 0.3 is 0 Å². The molecule has 1 aromatic carbocycles. The molecule has 1 aliphatic rings. The van der Waals surface area contributed by atoms with Crippen molar-refractivity contribution in [2.45, 2.75) is 23.3 Å². The second-order valence-electron chi connectivity index (χ2n) is 4.23.